The van der Waals surface area contributed by atoms with Gasteiger partial charge in [0.2, 0.25) is 0 Å². The van der Waals surface area contributed by atoms with E-state index in [1.165, 1.54) is 6.07 Å². The molecule has 110 valence electrons. The van der Waals surface area contributed by atoms with E-state index in [1.54, 1.807) is 12.1 Å². The lowest BCUT2D eigenvalue weighted by Crippen LogP contribution is -2.43. The van der Waals surface area contributed by atoms with Crippen molar-refractivity contribution in [3.8, 4) is 6.07 Å². The van der Waals surface area contributed by atoms with E-state index in [0.29, 0.717) is 15.7 Å². The van der Waals surface area contributed by atoms with Crippen molar-refractivity contribution in [3.05, 3.63) is 28.2 Å². The Balaban J connectivity index is 2.14. The number of nitrogens with one attached hydrogen (secondary N) is 1. The maximum absolute atomic E-state index is 12.1. The van der Waals surface area contributed by atoms with Crippen molar-refractivity contribution in [2.75, 3.05) is 11.9 Å². The number of carbonyl (C=O) groups is 2. The van der Waals surface area contributed by atoms with Crippen LogP contribution in [0, 0.1) is 11.3 Å². The molecule has 7 nitrogen and oxygen atoms in total. The summed E-state index contributed by atoms with van der Waals surface area (Å²) in [4.78, 5) is 24.3. The highest BCUT2D eigenvalue weighted by Gasteiger charge is 2.39. The van der Waals surface area contributed by atoms with Gasteiger partial charge >= 0.3 is 12.0 Å². The van der Waals surface area contributed by atoms with Crippen molar-refractivity contribution < 1.29 is 19.8 Å². The van der Waals surface area contributed by atoms with E-state index in [0.717, 1.165) is 4.90 Å². The predicted octanol–water partition coefficient (Wildman–Crippen LogP) is 1.37. The van der Waals surface area contributed by atoms with Crippen LogP contribution >= 0.6 is 15.9 Å². The van der Waals surface area contributed by atoms with Crippen LogP contribution < -0.4 is 5.32 Å². The third-order valence-electron chi connectivity index (χ3n) is 3.16. The number of carboxylic acids is 1. The van der Waals surface area contributed by atoms with Gasteiger partial charge in [0.25, 0.3) is 0 Å². The molecule has 0 bridgehead atoms. The number of aliphatic hydroxyl groups excluding tert-OH is 1. The summed E-state index contributed by atoms with van der Waals surface area (Å²) in [5, 5.41) is 29.9. The molecule has 21 heavy (non-hydrogen) atoms. The number of rotatable bonds is 2. The Morgan fingerprint density at radius 2 is 2.19 bits per heavy atom. The number of β-amino-alcohol motifs (C(OH)–C–C–N with tert-alkyl or cyclic N) is 1. The van der Waals surface area contributed by atoms with E-state index >= 15 is 0 Å². The van der Waals surface area contributed by atoms with Gasteiger partial charge in [0.05, 0.1) is 23.4 Å². The number of benzene rings is 1. The van der Waals surface area contributed by atoms with Gasteiger partial charge in [-0.05, 0) is 34.1 Å². The first-order chi connectivity index (χ1) is 9.92. The number of halogens is 1. The third kappa shape index (κ3) is 3.32. The van der Waals surface area contributed by atoms with E-state index in [1.807, 2.05) is 6.07 Å². The smallest absolute Gasteiger partial charge is 0.326 e. The lowest BCUT2D eigenvalue weighted by molar-refractivity contribution is -0.141. The van der Waals surface area contributed by atoms with Crippen LogP contribution in [0.1, 0.15) is 12.0 Å². The van der Waals surface area contributed by atoms with Crippen molar-refractivity contribution in [2.45, 2.75) is 18.6 Å². The number of urea groups is 1. The molecule has 3 N–H and O–H groups in total. The second-order valence-corrected chi connectivity index (χ2v) is 5.49. The zero-order chi connectivity index (χ0) is 15.6. The fourth-order valence-electron chi connectivity index (χ4n) is 2.15. The molecular weight excluding hydrogens is 342 g/mol. The van der Waals surface area contributed by atoms with E-state index < -0.39 is 24.1 Å². The molecule has 0 radical (unpaired) electrons. The van der Waals surface area contributed by atoms with Crippen molar-refractivity contribution >= 4 is 33.6 Å². The van der Waals surface area contributed by atoms with Crippen LogP contribution in [0.4, 0.5) is 10.5 Å². The normalized spacial score (nSPS) is 20.9. The zero-order valence-electron chi connectivity index (χ0n) is 10.8. The number of carbonyl (C=O) groups excluding carboxylic acids is 1. The van der Waals surface area contributed by atoms with E-state index in [4.69, 9.17) is 10.4 Å². The van der Waals surface area contributed by atoms with Gasteiger partial charge < -0.3 is 20.4 Å². The molecule has 1 aliphatic heterocycles. The molecular formula is C13H12BrN3O4. The van der Waals surface area contributed by atoms with Crippen LogP contribution in [0.3, 0.4) is 0 Å². The van der Waals surface area contributed by atoms with Crippen LogP contribution in [0.2, 0.25) is 0 Å². The Kier molecular flexibility index (Phi) is 4.45. The second-order valence-electron chi connectivity index (χ2n) is 4.63. The molecule has 1 aromatic carbocycles. The van der Waals surface area contributed by atoms with Gasteiger partial charge in [-0.1, -0.05) is 0 Å². The number of nitriles is 1. The number of hydrogen-bond donors (Lipinski definition) is 3. The number of carboxylic acid groups (broad SMARTS) is 1. The highest BCUT2D eigenvalue weighted by molar-refractivity contribution is 9.10. The third-order valence-corrected chi connectivity index (χ3v) is 3.82. The van der Waals surface area contributed by atoms with E-state index in [-0.39, 0.29) is 13.0 Å². The highest BCUT2D eigenvalue weighted by atomic mass is 79.9. The van der Waals surface area contributed by atoms with Crippen molar-refractivity contribution in [2.24, 2.45) is 0 Å². The minimum atomic E-state index is -1.15. The van der Waals surface area contributed by atoms with Crippen LogP contribution in [0.25, 0.3) is 0 Å². The maximum atomic E-state index is 12.1. The van der Waals surface area contributed by atoms with Crippen LogP contribution in [-0.2, 0) is 4.79 Å². The Hall–Kier alpha value is -2.11. The summed E-state index contributed by atoms with van der Waals surface area (Å²) in [7, 11) is 0. The van der Waals surface area contributed by atoms with Crippen molar-refractivity contribution in [3.63, 3.8) is 0 Å². The van der Waals surface area contributed by atoms with Gasteiger partial charge in [-0.3, -0.25) is 0 Å². The number of nitrogens with zero attached hydrogens (tertiary/aromatic N) is 2. The lowest BCUT2D eigenvalue weighted by Gasteiger charge is -2.22. The van der Waals surface area contributed by atoms with Gasteiger partial charge in [-0.15, -0.1) is 0 Å². The summed E-state index contributed by atoms with van der Waals surface area (Å²) in [6.45, 7) is -0.0311. The predicted molar refractivity (Wildman–Crippen MR) is 76.6 cm³/mol. The van der Waals surface area contributed by atoms with E-state index in [9.17, 15) is 14.7 Å². The Labute approximate surface area is 128 Å². The van der Waals surface area contributed by atoms with Gasteiger partial charge in [0, 0.05) is 17.4 Å². The van der Waals surface area contributed by atoms with Crippen LogP contribution in [0.5, 0.6) is 0 Å². The molecule has 1 aromatic rings. The summed E-state index contributed by atoms with van der Waals surface area (Å²) in [5.74, 6) is -1.15. The van der Waals surface area contributed by atoms with E-state index in [2.05, 4.69) is 21.2 Å². The SMILES string of the molecule is N#Cc1ccc(NC(=O)N2CC(O)CC2C(=O)O)c(Br)c1. The minimum absolute atomic E-state index is 0.0112. The number of aliphatic carboxylic acids is 1. The summed E-state index contributed by atoms with van der Waals surface area (Å²) >= 11 is 3.23. The molecule has 0 spiro atoms. The molecule has 0 aromatic heterocycles. The number of anilines is 1. The summed E-state index contributed by atoms with van der Waals surface area (Å²) < 4.78 is 0.515. The Bertz CT molecular complexity index is 628. The molecule has 8 heteroatoms. The molecule has 1 heterocycles. The first-order valence-corrected chi connectivity index (χ1v) is 6.90. The molecule has 1 fully saturated rings. The average molecular weight is 354 g/mol. The number of amides is 2. The quantitative estimate of drug-likeness (QED) is 0.742. The highest BCUT2D eigenvalue weighted by Crippen LogP contribution is 2.25. The number of likely N-dealkylation sites (tertiary alicyclic amines) is 1. The largest absolute Gasteiger partial charge is 0.480 e. The molecule has 0 saturated carbocycles. The fraction of sp³-hybridized carbons (Fsp3) is 0.308. The van der Waals surface area contributed by atoms with Crippen molar-refractivity contribution in [1.29, 1.82) is 5.26 Å². The summed E-state index contributed by atoms with van der Waals surface area (Å²) in [6.07, 6.45) is -0.835. The molecule has 2 unspecified atom stereocenters. The Morgan fingerprint density at radius 3 is 2.76 bits per heavy atom. The molecule has 1 aliphatic rings. The molecule has 2 amide bonds. The topological polar surface area (TPSA) is 114 Å². The molecule has 1 saturated heterocycles. The average Bonchev–Trinajstić information content (AvgIpc) is 2.83. The number of aliphatic hydroxyl groups is 1. The summed E-state index contributed by atoms with van der Waals surface area (Å²) in [6, 6.07) is 4.94. The van der Waals surface area contributed by atoms with Gasteiger partial charge in [-0.25, -0.2) is 9.59 Å². The second kappa shape index (κ2) is 6.11. The van der Waals surface area contributed by atoms with Crippen LogP contribution in [0.15, 0.2) is 22.7 Å². The minimum Gasteiger partial charge on any atom is -0.480 e. The van der Waals surface area contributed by atoms with Gasteiger partial charge in [0.15, 0.2) is 0 Å². The molecule has 0 aliphatic carbocycles. The lowest BCUT2D eigenvalue weighted by atomic mass is 10.2. The molecule has 2 rings (SSSR count). The Morgan fingerprint density at radius 1 is 1.48 bits per heavy atom. The van der Waals surface area contributed by atoms with Gasteiger partial charge in [0.1, 0.15) is 6.04 Å². The van der Waals surface area contributed by atoms with Crippen molar-refractivity contribution in [1.82, 2.24) is 4.90 Å². The monoisotopic (exact) mass is 353 g/mol. The number of hydrogen-bond acceptors (Lipinski definition) is 4. The van der Waals surface area contributed by atoms with Gasteiger partial charge in [-0.2, -0.15) is 5.26 Å². The first kappa shape index (κ1) is 15.3. The summed E-state index contributed by atoms with van der Waals surface area (Å²) in [5.41, 5.74) is 0.851. The molecule has 2 atom stereocenters. The first-order valence-electron chi connectivity index (χ1n) is 6.10. The zero-order valence-corrected chi connectivity index (χ0v) is 12.4. The fourth-order valence-corrected chi connectivity index (χ4v) is 2.62. The standard InChI is InChI=1S/C13H12BrN3O4/c14-9-3-7(5-15)1-2-10(9)16-13(21)17-6-8(18)4-11(17)12(19)20/h1-3,8,11,18H,4,6H2,(H,16,21)(H,19,20). The maximum Gasteiger partial charge on any atom is 0.326 e. The van der Waals surface area contributed by atoms with Crippen LogP contribution in [-0.4, -0.2) is 45.8 Å².